The summed E-state index contributed by atoms with van der Waals surface area (Å²) in [5.74, 6) is 0.684. The number of hydrogen-bond donors (Lipinski definition) is 0. The molecule has 2 amide bonds. The number of fused-ring (bicyclic) bond motifs is 1. The number of halogens is 1. The molecule has 3 heterocycles. The zero-order valence-electron chi connectivity index (χ0n) is 22.2. The number of hydrogen-bond acceptors (Lipinski definition) is 7. The van der Waals surface area contributed by atoms with E-state index in [1.54, 1.807) is 9.80 Å². The summed E-state index contributed by atoms with van der Waals surface area (Å²) in [5.41, 5.74) is 1.90. The van der Waals surface area contributed by atoms with Gasteiger partial charge in [0, 0.05) is 31.2 Å². The van der Waals surface area contributed by atoms with Crippen LogP contribution >= 0.6 is 11.6 Å². The van der Waals surface area contributed by atoms with Crippen molar-refractivity contribution >= 4 is 29.6 Å². The van der Waals surface area contributed by atoms with E-state index < -0.39 is 17.8 Å². The average Bonchev–Trinajstić information content (AvgIpc) is 2.87. The van der Waals surface area contributed by atoms with Crippen LogP contribution in [0.5, 0.6) is 0 Å². The van der Waals surface area contributed by atoms with E-state index in [9.17, 15) is 9.59 Å². The largest absolute Gasteiger partial charge is 0.445 e. The Morgan fingerprint density at radius 1 is 1.16 bits per heavy atom. The number of carbonyl (C=O) groups excluding carboxylic acids is 2. The van der Waals surface area contributed by atoms with Crippen molar-refractivity contribution < 1.29 is 19.1 Å². The van der Waals surface area contributed by atoms with Gasteiger partial charge in [-0.3, -0.25) is 4.90 Å². The molecule has 0 aliphatic carbocycles. The van der Waals surface area contributed by atoms with Gasteiger partial charge in [0.1, 0.15) is 24.1 Å². The Hall–Kier alpha value is -3.58. The van der Waals surface area contributed by atoms with E-state index in [2.05, 4.69) is 19.7 Å². The van der Waals surface area contributed by atoms with Crippen LogP contribution in [0.2, 0.25) is 5.28 Å². The zero-order chi connectivity index (χ0) is 27.4. The average molecular weight is 541 g/mol. The van der Waals surface area contributed by atoms with Crippen LogP contribution < -0.4 is 4.90 Å². The molecule has 202 valence electrons. The Kier molecular flexibility index (Phi) is 8.26. The third-order valence-corrected chi connectivity index (χ3v) is 6.69. The van der Waals surface area contributed by atoms with Crippen molar-refractivity contribution in [1.29, 1.82) is 0 Å². The fourth-order valence-electron chi connectivity index (χ4n) is 4.72. The van der Waals surface area contributed by atoms with Gasteiger partial charge in [-0.2, -0.15) is 0 Å². The maximum absolute atomic E-state index is 13.0. The van der Waals surface area contributed by atoms with Crippen molar-refractivity contribution in [2.24, 2.45) is 0 Å². The van der Waals surface area contributed by atoms with Crippen molar-refractivity contribution in [1.82, 2.24) is 19.8 Å². The lowest BCUT2D eigenvalue weighted by molar-refractivity contribution is 0.0220. The quantitative estimate of drug-likeness (QED) is 0.414. The molecule has 0 unspecified atom stereocenters. The lowest BCUT2D eigenvalue weighted by Gasteiger charge is -2.44. The second-order valence-electron chi connectivity index (χ2n) is 10.6. The molecule has 2 aromatic rings. The van der Waals surface area contributed by atoms with Crippen LogP contribution in [0.4, 0.5) is 15.4 Å². The fourth-order valence-corrected chi connectivity index (χ4v) is 4.90. The minimum absolute atomic E-state index is 0.0865. The molecule has 11 heteroatoms. The Bertz CT molecular complexity index is 1210. The van der Waals surface area contributed by atoms with Crippen molar-refractivity contribution in [3.63, 3.8) is 0 Å². The number of piperazine rings is 1. The lowest BCUT2D eigenvalue weighted by Crippen LogP contribution is -2.60. The molecule has 0 bridgehead atoms. The van der Waals surface area contributed by atoms with Crippen LogP contribution in [0.15, 0.2) is 30.3 Å². The van der Waals surface area contributed by atoms with Crippen molar-refractivity contribution in [2.45, 2.75) is 65.0 Å². The number of anilines is 1. The van der Waals surface area contributed by atoms with Gasteiger partial charge in [0.15, 0.2) is 0 Å². The Morgan fingerprint density at radius 3 is 2.58 bits per heavy atom. The molecule has 2 aliphatic rings. The smallest absolute Gasteiger partial charge is 0.410 e. The highest BCUT2D eigenvalue weighted by Crippen LogP contribution is 2.32. The second-order valence-corrected chi connectivity index (χ2v) is 10.9. The molecule has 1 saturated heterocycles. The topological polar surface area (TPSA) is 92.5 Å². The molecular weight excluding hydrogens is 508 g/mol. The third kappa shape index (κ3) is 6.45. The van der Waals surface area contributed by atoms with Gasteiger partial charge in [0.05, 0.1) is 12.2 Å². The molecular formula is C27H33ClN6O4. The van der Waals surface area contributed by atoms with Crippen LogP contribution in [-0.4, -0.2) is 75.8 Å². The van der Waals surface area contributed by atoms with E-state index in [1.807, 2.05) is 58.0 Å². The molecule has 0 saturated carbocycles. The van der Waals surface area contributed by atoms with Crippen molar-refractivity contribution in [3.05, 3.63) is 63.9 Å². The number of aromatic nitrogens is 2. The SMILES string of the molecule is [C-]#[N+]C[C@H]1CN(c2nc(Cl)nc3c2CCN(C(=O)OC(C)(C)C)C3)[C@H](C)CN1C(=O)OCc1ccccc1. The summed E-state index contributed by atoms with van der Waals surface area (Å²) in [4.78, 5) is 43.6. The molecule has 0 N–H and O–H groups in total. The summed E-state index contributed by atoms with van der Waals surface area (Å²) >= 11 is 6.34. The monoisotopic (exact) mass is 540 g/mol. The van der Waals surface area contributed by atoms with Crippen LogP contribution in [0, 0.1) is 6.57 Å². The summed E-state index contributed by atoms with van der Waals surface area (Å²) in [6.45, 7) is 16.8. The highest BCUT2D eigenvalue weighted by atomic mass is 35.5. The predicted octanol–water partition coefficient (Wildman–Crippen LogP) is 4.56. The van der Waals surface area contributed by atoms with Gasteiger partial charge in [-0.1, -0.05) is 30.3 Å². The number of carbonyl (C=O) groups is 2. The minimum atomic E-state index is -0.596. The molecule has 1 aromatic carbocycles. The molecule has 0 radical (unpaired) electrons. The van der Waals surface area contributed by atoms with Crippen LogP contribution in [0.25, 0.3) is 4.85 Å². The van der Waals surface area contributed by atoms with Crippen LogP contribution in [0.3, 0.4) is 0 Å². The molecule has 2 atom stereocenters. The molecule has 10 nitrogen and oxygen atoms in total. The first-order valence-electron chi connectivity index (χ1n) is 12.7. The number of rotatable bonds is 4. The first-order chi connectivity index (χ1) is 18.1. The predicted molar refractivity (Wildman–Crippen MR) is 143 cm³/mol. The molecule has 1 aromatic heterocycles. The maximum Gasteiger partial charge on any atom is 0.410 e. The summed E-state index contributed by atoms with van der Waals surface area (Å²) in [5, 5.41) is 0.0865. The van der Waals surface area contributed by atoms with E-state index in [4.69, 9.17) is 27.6 Å². The molecule has 38 heavy (non-hydrogen) atoms. The van der Waals surface area contributed by atoms with Crippen LogP contribution in [-0.2, 0) is 29.0 Å². The van der Waals surface area contributed by atoms with Gasteiger partial charge < -0.3 is 24.1 Å². The summed E-state index contributed by atoms with van der Waals surface area (Å²) < 4.78 is 11.1. The summed E-state index contributed by atoms with van der Waals surface area (Å²) in [6, 6.07) is 9.01. The molecule has 2 aliphatic heterocycles. The fraction of sp³-hybridized carbons (Fsp3) is 0.519. The number of benzene rings is 1. The molecule has 1 fully saturated rings. The molecule has 0 spiro atoms. The number of ether oxygens (including phenoxy) is 2. The Balaban J connectivity index is 1.52. The van der Waals surface area contributed by atoms with Gasteiger partial charge in [0.25, 0.3) is 0 Å². The van der Waals surface area contributed by atoms with E-state index in [0.717, 1.165) is 11.1 Å². The van der Waals surface area contributed by atoms with Gasteiger partial charge >= 0.3 is 12.2 Å². The standard InChI is InChI=1S/C27H33ClN6O4/c1-18-14-34(26(36)37-17-19-9-7-6-8-10-19)20(13-29-5)15-33(18)23-21-11-12-32(25(35)38-27(2,3)4)16-22(21)30-24(28)31-23/h6-10,18,20H,11-17H2,1-4H3/t18-,20+/m1/s1. The summed E-state index contributed by atoms with van der Waals surface area (Å²) in [7, 11) is 0. The van der Waals surface area contributed by atoms with E-state index in [0.29, 0.717) is 37.6 Å². The maximum atomic E-state index is 13.0. The first-order valence-corrected chi connectivity index (χ1v) is 13.0. The van der Waals surface area contributed by atoms with Gasteiger partial charge in [-0.25, -0.2) is 26.1 Å². The third-order valence-electron chi connectivity index (χ3n) is 6.52. The Morgan fingerprint density at radius 2 is 1.89 bits per heavy atom. The lowest BCUT2D eigenvalue weighted by atomic mass is 10.0. The number of nitrogens with zero attached hydrogens (tertiary/aromatic N) is 6. The Labute approximate surface area is 228 Å². The first kappa shape index (κ1) is 27.5. The minimum Gasteiger partial charge on any atom is -0.445 e. The zero-order valence-corrected chi connectivity index (χ0v) is 22.9. The second kappa shape index (κ2) is 11.4. The van der Waals surface area contributed by atoms with Crippen LogP contribution in [0.1, 0.15) is 44.5 Å². The normalized spacial score (nSPS) is 19.4. The van der Waals surface area contributed by atoms with Crippen molar-refractivity contribution in [3.8, 4) is 0 Å². The van der Waals surface area contributed by atoms with E-state index in [1.165, 1.54) is 0 Å². The molecule has 4 rings (SSSR count). The van der Waals surface area contributed by atoms with E-state index in [-0.39, 0.29) is 37.1 Å². The highest BCUT2D eigenvalue weighted by Gasteiger charge is 2.39. The van der Waals surface area contributed by atoms with Crippen molar-refractivity contribution in [2.75, 3.05) is 31.1 Å². The van der Waals surface area contributed by atoms with Gasteiger partial charge in [-0.05, 0) is 51.3 Å². The highest BCUT2D eigenvalue weighted by molar-refractivity contribution is 6.28. The van der Waals surface area contributed by atoms with Gasteiger partial charge in [-0.15, -0.1) is 0 Å². The number of amides is 2. The van der Waals surface area contributed by atoms with E-state index >= 15 is 0 Å². The van der Waals surface area contributed by atoms with Gasteiger partial charge in [0.2, 0.25) is 11.8 Å². The summed E-state index contributed by atoms with van der Waals surface area (Å²) in [6.07, 6.45) is -0.294.